The number of rotatable bonds is 2. The molecule has 0 spiro atoms. The first-order valence-electron chi connectivity index (χ1n) is 7.77. The van der Waals surface area contributed by atoms with E-state index >= 15 is 0 Å². The number of thiocarbonyl (C=S) groups is 1. The zero-order chi connectivity index (χ0) is 18.1. The highest BCUT2D eigenvalue weighted by atomic mass is 35.5. The summed E-state index contributed by atoms with van der Waals surface area (Å²) in [6.07, 6.45) is 0. The van der Waals surface area contributed by atoms with Crippen molar-refractivity contribution in [3.8, 4) is 0 Å². The summed E-state index contributed by atoms with van der Waals surface area (Å²) in [7, 11) is 0. The molecule has 0 bridgehead atoms. The highest BCUT2D eigenvalue weighted by Gasteiger charge is 2.13. The Hall–Kier alpha value is -2.54. The van der Waals surface area contributed by atoms with Crippen LogP contribution < -0.4 is 10.6 Å². The molecule has 0 saturated heterocycles. The van der Waals surface area contributed by atoms with Crippen molar-refractivity contribution in [3.63, 3.8) is 0 Å². The second kappa shape index (κ2) is 6.99. The monoisotopic (exact) mass is 397 g/mol. The number of hydrogen-bond acceptors (Lipinski definition) is 4. The average molecular weight is 398 g/mol. The van der Waals surface area contributed by atoms with Crippen molar-refractivity contribution in [3.05, 3.63) is 71.2 Å². The van der Waals surface area contributed by atoms with Gasteiger partial charge in [0, 0.05) is 5.56 Å². The molecule has 0 unspecified atom stereocenters. The first kappa shape index (κ1) is 16.9. The fourth-order valence-corrected chi connectivity index (χ4v) is 4.11. The van der Waals surface area contributed by atoms with Crippen molar-refractivity contribution in [1.29, 1.82) is 0 Å². The number of anilines is 1. The molecule has 0 aliphatic rings. The van der Waals surface area contributed by atoms with Crippen LogP contribution in [-0.4, -0.2) is 16.0 Å². The van der Waals surface area contributed by atoms with E-state index in [1.807, 2.05) is 48.5 Å². The Balaban J connectivity index is 1.53. The van der Waals surface area contributed by atoms with Gasteiger partial charge in [-0.25, -0.2) is 4.98 Å². The van der Waals surface area contributed by atoms with Gasteiger partial charge in [0.25, 0.3) is 5.91 Å². The quantitative estimate of drug-likeness (QED) is 0.455. The number of carbonyl (C=O) groups is 1. The molecule has 0 fully saturated rings. The second-order valence-electron chi connectivity index (χ2n) is 5.54. The molecule has 0 aliphatic carbocycles. The fourth-order valence-electron chi connectivity index (χ4n) is 2.69. The third kappa shape index (κ3) is 3.26. The molecule has 26 heavy (non-hydrogen) atoms. The summed E-state index contributed by atoms with van der Waals surface area (Å²) in [6.45, 7) is 0. The summed E-state index contributed by atoms with van der Waals surface area (Å²) >= 11 is 12.8. The lowest BCUT2D eigenvalue weighted by Gasteiger charge is -2.09. The third-order valence-corrected chi connectivity index (χ3v) is 5.30. The summed E-state index contributed by atoms with van der Waals surface area (Å²) in [5.41, 5.74) is 1.28. The van der Waals surface area contributed by atoms with Crippen molar-refractivity contribution in [2.24, 2.45) is 0 Å². The van der Waals surface area contributed by atoms with Gasteiger partial charge in [0.2, 0.25) is 0 Å². The lowest BCUT2D eigenvalue weighted by Crippen LogP contribution is -2.34. The van der Waals surface area contributed by atoms with Gasteiger partial charge < -0.3 is 5.32 Å². The molecule has 4 rings (SSSR count). The summed E-state index contributed by atoms with van der Waals surface area (Å²) < 4.78 is 0.947. The second-order valence-corrected chi connectivity index (χ2v) is 7.39. The first-order chi connectivity index (χ1) is 12.6. The molecule has 0 radical (unpaired) electrons. The number of fused-ring (bicyclic) bond motifs is 2. The molecule has 3 aromatic carbocycles. The Morgan fingerprint density at radius 1 is 1.04 bits per heavy atom. The number of thiazole rings is 1. The van der Waals surface area contributed by atoms with Gasteiger partial charge in [0.05, 0.1) is 9.72 Å². The molecule has 4 nitrogen and oxygen atoms in total. The van der Waals surface area contributed by atoms with Gasteiger partial charge in [-0.15, -0.1) is 0 Å². The fraction of sp³-hybridized carbons (Fsp3) is 0. The molecule has 4 aromatic rings. The summed E-state index contributed by atoms with van der Waals surface area (Å²) in [6, 6.07) is 18.9. The first-order valence-corrected chi connectivity index (χ1v) is 9.37. The van der Waals surface area contributed by atoms with Gasteiger partial charge in [0.1, 0.15) is 5.52 Å². The Morgan fingerprint density at radius 3 is 2.65 bits per heavy atom. The maximum atomic E-state index is 12.6. The Kier molecular flexibility index (Phi) is 4.55. The van der Waals surface area contributed by atoms with E-state index in [0.29, 0.717) is 21.2 Å². The number of aromatic nitrogens is 1. The normalized spacial score (nSPS) is 10.8. The highest BCUT2D eigenvalue weighted by molar-refractivity contribution is 7.80. The topological polar surface area (TPSA) is 54.0 Å². The minimum atomic E-state index is -0.265. The van der Waals surface area contributed by atoms with Gasteiger partial charge in [-0.2, -0.15) is 0 Å². The van der Waals surface area contributed by atoms with Crippen LogP contribution in [0.4, 0.5) is 5.13 Å². The smallest absolute Gasteiger partial charge is 0.258 e. The maximum absolute atomic E-state index is 12.6. The van der Waals surface area contributed by atoms with Gasteiger partial charge in [-0.3, -0.25) is 10.1 Å². The lowest BCUT2D eigenvalue weighted by atomic mass is 10.0. The van der Waals surface area contributed by atoms with Crippen molar-refractivity contribution in [1.82, 2.24) is 10.3 Å². The van der Waals surface area contributed by atoms with Crippen LogP contribution in [0.3, 0.4) is 0 Å². The summed E-state index contributed by atoms with van der Waals surface area (Å²) in [5.74, 6) is -0.265. The molecule has 1 amide bonds. The van der Waals surface area contributed by atoms with E-state index in [2.05, 4.69) is 15.6 Å². The standard InChI is InChI=1S/C19H12ClN3OS2/c20-14-9-4-10-15-16(14)21-19(26-15)23-18(25)22-17(24)13-8-3-6-11-5-1-2-7-12(11)13/h1-10H,(H2,21,22,23,24,25). The van der Waals surface area contributed by atoms with E-state index in [1.165, 1.54) is 11.3 Å². The highest BCUT2D eigenvalue weighted by Crippen LogP contribution is 2.30. The van der Waals surface area contributed by atoms with E-state index in [4.69, 9.17) is 23.8 Å². The Labute approximate surface area is 163 Å². The molecule has 0 saturated carbocycles. The van der Waals surface area contributed by atoms with Crippen LogP contribution in [0.1, 0.15) is 10.4 Å². The summed E-state index contributed by atoms with van der Waals surface area (Å²) in [4.78, 5) is 17.0. The van der Waals surface area contributed by atoms with Gasteiger partial charge in [0.15, 0.2) is 10.2 Å². The number of carbonyl (C=O) groups excluding carboxylic acids is 1. The third-order valence-electron chi connectivity index (χ3n) is 3.85. The van der Waals surface area contributed by atoms with Crippen molar-refractivity contribution in [2.75, 3.05) is 5.32 Å². The van der Waals surface area contributed by atoms with E-state index in [1.54, 1.807) is 12.1 Å². The predicted octanol–water partition coefficient (Wildman–Crippen LogP) is 5.23. The number of nitrogens with zero attached hydrogens (tertiary/aromatic N) is 1. The predicted molar refractivity (Wildman–Crippen MR) is 112 cm³/mol. The van der Waals surface area contributed by atoms with Crippen molar-refractivity contribution < 1.29 is 4.79 Å². The molecule has 0 aliphatic heterocycles. The molecule has 1 aromatic heterocycles. The molecule has 0 atom stereocenters. The maximum Gasteiger partial charge on any atom is 0.258 e. The molecule has 2 N–H and O–H groups in total. The summed E-state index contributed by atoms with van der Waals surface area (Å²) in [5, 5.41) is 8.90. The SMILES string of the molecule is O=C(NC(=S)Nc1nc2c(Cl)cccc2s1)c1cccc2ccccc12. The van der Waals surface area contributed by atoms with Crippen LogP contribution in [0.5, 0.6) is 0 Å². The van der Waals surface area contributed by atoms with Gasteiger partial charge in [-0.1, -0.05) is 65.4 Å². The molecule has 7 heteroatoms. The van der Waals surface area contributed by atoms with Crippen molar-refractivity contribution >= 4 is 72.3 Å². The Morgan fingerprint density at radius 2 is 1.81 bits per heavy atom. The number of halogens is 1. The average Bonchev–Trinajstić information content (AvgIpc) is 3.05. The van der Waals surface area contributed by atoms with Crippen LogP contribution in [-0.2, 0) is 0 Å². The number of nitrogens with one attached hydrogen (secondary N) is 2. The molecule has 1 heterocycles. The van der Waals surface area contributed by atoms with Crippen LogP contribution >= 0.6 is 35.2 Å². The van der Waals surface area contributed by atoms with E-state index in [9.17, 15) is 4.79 Å². The largest absolute Gasteiger partial charge is 0.308 e. The Bertz CT molecular complexity index is 1150. The van der Waals surface area contributed by atoms with E-state index < -0.39 is 0 Å². The van der Waals surface area contributed by atoms with Crippen LogP contribution in [0.2, 0.25) is 5.02 Å². The van der Waals surface area contributed by atoms with Gasteiger partial charge >= 0.3 is 0 Å². The van der Waals surface area contributed by atoms with E-state index in [-0.39, 0.29) is 11.0 Å². The molecular formula is C19H12ClN3OS2. The van der Waals surface area contributed by atoms with Crippen molar-refractivity contribution in [2.45, 2.75) is 0 Å². The molecular weight excluding hydrogens is 386 g/mol. The van der Waals surface area contributed by atoms with Crippen LogP contribution in [0.25, 0.3) is 21.0 Å². The zero-order valence-electron chi connectivity index (χ0n) is 13.3. The van der Waals surface area contributed by atoms with E-state index in [0.717, 1.165) is 15.5 Å². The minimum absolute atomic E-state index is 0.193. The number of amides is 1. The van der Waals surface area contributed by atoms with Crippen LogP contribution in [0, 0.1) is 0 Å². The zero-order valence-corrected chi connectivity index (χ0v) is 15.7. The van der Waals surface area contributed by atoms with Crippen LogP contribution in [0.15, 0.2) is 60.7 Å². The minimum Gasteiger partial charge on any atom is -0.308 e. The van der Waals surface area contributed by atoms with Gasteiger partial charge in [-0.05, 0) is 41.2 Å². The number of hydrogen-bond donors (Lipinski definition) is 2. The molecule has 128 valence electrons. The number of benzene rings is 3. The lowest BCUT2D eigenvalue weighted by molar-refractivity contribution is 0.0979. The number of para-hydroxylation sites is 1.